The van der Waals surface area contributed by atoms with Crippen LogP contribution in [-0.2, 0) is 10.0 Å². The van der Waals surface area contributed by atoms with Gasteiger partial charge in [0.25, 0.3) is 0 Å². The molecule has 0 unspecified atom stereocenters. The Labute approximate surface area is 104 Å². The molecule has 0 saturated carbocycles. The smallest absolute Gasteiger partial charge is 0.232 e. The summed E-state index contributed by atoms with van der Waals surface area (Å²) in [5.74, 6) is -0.902. The SMILES string of the molecule is O=S(=O)(CCCCO)Nc1c(F)cccc1Cl. The van der Waals surface area contributed by atoms with E-state index in [-0.39, 0.29) is 23.1 Å². The minimum Gasteiger partial charge on any atom is -0.396 e. The molecule has 0 spiro atoms. The number of rotatable bonds is 6. The van der Waals surface area contributed by atoms with E-state index in [1.54, 1.807) is 0 Å². The summed E-state index contributed by atoms with van der Waals surface area (Å²) in [5.41, 5.74) is -0.238. The summed E-state index contributed by atoms with van der Waals surface area (Å²) < 4.78 is 38.5. The van der Waals surface area contributed by atoms with Gasteiger partial charge in [-0.3, -0.25) is 4.72 Å². The minimum atomic E-state index is -3.64. The van der Waals surface area contributed by atoms with Crippen molar-refractivity contribution in [2.24, 2.45) is 0 Å². The third-order valence-corrected chi connectivity index (χ3v) is 3.70. The van der Waals surface area contributed by atoms with E-state index < -0.39 is 15.8 Å². The number of halogens is 2. The molecule has 0 aliphatic rings. The lowest BCUT2D eigenvalue weighted by Crippen LogP contribution is -2.18. The second-order valence-electron chi connectivity index (χ2n) is 3.45. The highest BCUT2D eigenvalue weighted by Crippen LogP contribution is 2.25. The summed E-state index contributed by atoms with van der Waals surface area (Å²) in [5, 5.41) is 8.55. The van der Waals surface area contributed by atoms with Crippen LogP contribution in [0, 0.1) is 5.82 Å². The molecule has 0 heterocycles. The van der Waals surface area contributed by atoms with Gasteiger partial charge in [-0.1, -0.05) is 17.7 Å². The van der Waals surface area contributed by atoms with Crippen molar-refractivity contribution in [3.8, 4) is 0 Å². The number of anilines is 1. The molecule has 0 atom stereocenters. The fraction of sp³-hybridized carbons (Fsp3) is 0.400. The van der Waals surface area contributed by atoms with E-state index in [4.69, 9.17) is 16.7 Å². The molecule has 7 heteroatoms. The molecule has 1 rings (SSSR count). The second kappa shape index (κ2) is 6.18. The molecule has 17 heavy (non-hydrogen) atoms. The quantitative estimate of drug-likeness (QED) is 0.784. The van der Waals surface area contributed by atoms with Crippen LogP contribution in [0.25, 0.3) is 0 Å². The highest BCUT2D eigenvalue weighted by molar-refractivity contribution is 7.92. The summed E-state index contributed by atoms with van der Waals surface area (Å²) >= 11 is 5.69. The van der Waals surface area contributed by atoms with Crippen molar-refractivity contribution >= 4 is 27.3 Å². The van der Waals surface area contributed by atoms with E-state index in [1.807, 2.05) is 0 Å². The summed E-state index contributed by atoms with van der Waals surface area (Å²) in [6.45, 7) is -0.0734. The number of hydrogen-bond acceptors (Lipinski definition) is 3. The molecule has 0 saturated heterocycles. The van der Waals surface area contributed by atoms with Crippen LogP contribution < -0.4 is 4.72 Å². The van der Waals surface area contributed by atoms with Crippen molar-refractivity contribution in [1.82, 2.24) is 0 Å². The molecule has 0 amide bonds. The van der Waals surface area contributed by atoms with E-state index in [0.717, 1.165) is 6.07 Å². The molecule has 4 nitrogen and oxygen atoms in total. The van der Waals surface area contributed by atoms with Crippen LogP contribution in [-0.4, -0.2) is 25.9 Å². The number of unbranched alkanes of at least 4 members (excludes halogenated alkanes) is 1. The topological polar surface area (TPSA) is 66.4 Å². The minimum absolute atomic E-state index is 0.00994. The van der Waals surface area contributed by atoms with Gasteiger partial charge in [-0.15, -0.1) is 0 Å². The second-order valence-corrected chi connectivity index (χ2v) is 5.70. The van der Waals surface area contributed by atoms with Crippen molar-refractivity contribution in [1.29, 1.82) is 0 Å². The van der Waals surface area contributed by atoms with Gasteiger partial charge in [-0.25, -0.2) is 12.8 Å². The molecular formula is C10H13ClFNO3S. The molecule has 1 aromatic rings. The first-order chi connectivity index (χ1) is 7.96. The maximum absolute atomic E-state index is 13.3. The first-order valence-corrected chi connectivity index (χ1v) is 7.04. The van der Waals surface area contributed by atoms with Gasteiger partial charge in [-0.05, 0) is 25.0 Å². The Morgan fingerprint density at radius 1 is 1.35 bits per heavy atom. The van der Waals surface area contributed by atoms with Gasteiger partial charge in [0.15, 0.2) is 0 Å². The zero-order valence-corrected chi connectivity index (χ0v) is 10.6. The van der Waals surface area contributed by atoms with Crippen LogP contribution in [0.1, 0.15) is 12.8 Å². The van der Waals surface area contributed by atoms with Crippen LogP contribution in [0.2, 0.25) is 5.02 Å². The lowest BCUT2D eigenvalue weighted by Gasteiger charge is -2.09. The zero-order valence-electron chi connectivity index (χ0n) is 8.99. The standard InChI is InChI=1S/C10H13ClFNO3S/c11-8-4-3-5-9(12)10(8)13-17(15,16)7-2-1-6-14/h3-5,13-14H,1-2,6-7H2. The number of hydrogen-bond donors (Lipinski definition) is 2. The van der Waals surface area contributed by atoms with Crippen molar-refractivity contribution in [2.75, 3.05) is 17.1 Å². The number of aliphatic hydroxyl groups is 1. The monoisotopic (exact) mass is 281 g/mol. The number of benzene rings is 1. The molecule has 0 radical (unpaired) electrons. The average Bonchev–Trinajstić information content (AvgIpc) is 2.24. The van der Waals surface area contributed by atoms with E-state index in [9.17, 15) is 12.8 Å². The lowest BCUT2D eigenvalue weighted by molar-refractivity contribution is 0.287. The molecule has 96 valence electrons. The predicted octanol–water partition coefficient (Wildman–Crippen LogP) is 1.99. The Bertz CT molecular complexity index is 458. The maximum Gasteiger partial charge on any atom is 0.232 e. The van der Waals surface area contributed by atoms with Crippen molar-refractivity contribution in [3.63, 3.8) is 0 Å². The number of sulfonamides is 1. The Morgan fingerprint density at radius 3 is 2.65 bits per heavy atom. The zero-order chi connectivity index (χ0) is 12.9. The first-order valence-electron chi connectivity index (χ1n) is 5.01. The largest absolute Gasteiger partial charge is 0.396 e. The van der Waals surface area contributed by atoms with Crippen LogP contribution >= 0.6 is 11.6 Å². The Morgan fingerprint density at radius 2 is 2.06 bits per heavy atom. The molecule has 0 aliphatic heterocycles. The summed E-state index contributed by atoms with van der Waals surface area (Å²) in [7, 11) is -3.64. The van der Waals surface area contributed by atoms with Gasteiger partial charge in [0.2, 0.25) is 10.0 Å². The first kappa shape index (κ1) is 14.2. The van der Waals surface area contributed by atoms with Gasteiger partial charge in [-0.2, -0.15) is 0 Å². The predicted molar refractivity (Wildman–Crippen MR) is 65.1 cm³/mol. The molecule has 0 aliphatic carbocycles. The lowest BCUT2D eigenvalue weighted by atomic mass is 10.3. The van der Waals surface area contributed by atoms with Gasteiger partial charge in [0.05, 0.1) is 10.8 Å². The van der Waals surface area contributed by atoms with Crippen molar-refractivity contribution < 1.29 is 17.9 Å². The molecule has 2 N–H and O–H groups in total. The molecular weight excluding hydrogens is 269 g/mol. The normalized spacial score (nSPS) is 11.5. The third-order valence-electron chi connectivity index (χ3n) is 2.04. The van der Waals surface area contributed by atoms with E-state index in [0.29, 0.717) is 12.8 Å². The maximum atomic E-state index is 13.3. The molecule has 0 bridgehead atoms. The van der Waals surface area contributed by atoms with Crippen LogP contribution in [0.4, 0.5) is 10.1 Å². The number of para-hydroxylation sites is 1. The highest BCUT2D eigenvalue weighted by atomic mass is 35.5. The van der Waals surface area contributed by atoms with Gasteiger partial charge in [0.1, 0.15) is 11.5 Å². The summed E-state index contributed by atoms with van der Waals surface area (Å²) in [6.07, 6.45) is 0.684. The van der Waals surface area contributed by atoms with Crippen molar-refractivity contribution in [3.05, 3.63) is 29.0 Å². The van der Waals surface area contributed by atoms with Crippen molar-refractivity contribution in [2.45, 2.75) is 12.8 Å². The van der Waals surface area contributed by atoms with E-state index >= 15 is 0 Å². The van der Waals surface area contributed by atoms with E-state index in [1.165, 1.54) is 12.1 Å². The van der Waals surface area contributed by atoms with Crippen LogP contribution in [0.15, 0.2) is 18.2 Å². The Kier molecular flexibility index (Phi) is 5.17. The third kappa shape index (κ3) is 4.49. The molecule has 0 fully saturated rings. The summed E-state index contributed by atoms with van der Waals surface area (Å²) in [4.78, 5) is 0. The van der Waals surface area contributed by atoms with E-state index in [2.05, 4.69) is 4.72 Å². The van der Waals surface area contributed by atoms with Gasteiger partial charge < -0.3 is 5.11 Å². The van der Waals surface area contributed by atoms with Crippen LogP contribution in [0.3, 0.4) is 0 Å². The Hall–Kier alpha value is -0.850. The number of aliphatic hydroxyl groups excluding tert-OH is 1. The number of nitrogens with one attached hydrogen (secondary N) is 1. The fourth-order valence-electron chi connectivity index (χ4n) is 1.21. The Balaban J connectivity index is 2.76. The molecule has 0 aromatic heterocycles. The molecule has 1 aromatic carbocycles. The average molecular weight is 282 g/mol. The summed E-state index contributed by atoms with van der Waals surface area (Å²) in [6, 6.07) is 3.91. The fourth-order valence-corrected chi connectivity index (χ4v) is 2.68. The van der Waals surface area contributed by atoms with Gasteiger partial charge >= 0.3 is 0 Å². The van der Waals surface area contributed by atoms with Crippen LogP contribution in [0.5, 0.6) is 0 Å². The highest BCUT2D eigenvalue weighted by Gasteiger charge is 2.15. The van der Waals surface area contributed by atoms with Gasteiger partial charge in [0, 0.05) is 6.61 Å².